The first kappa shape index (κ1) is 10.4. The topological polar surface area (TPSA) is 32.3 Å². The fraction of sp³-hybridized carbons (Fsp3) is 0.455. The van der Waals surface area contributed by atoms with Crippen molar-refractivity contribution in [3.8, 4) is 5.75 Å². The van der Waals surface area contributed by atoms with Crippen molar-refractivity contribution in [3.63, 3.8) is 0 Å². The summed E-state index contributed by atoms with van der Waals surface area (Å²) in [4.78, 5) is 0. The second-order valence-corrected chi connectivity index (χ2v) is 3.84. The fourth-order valence-electron chi connectivity index (χ4n) is 1.92. The Balaban J connectivity index is 2.27. The van der Waals surface area contributed by atoms with Gasteiger partial charge in [0.25, 0.3) is 0 Å². The molecule has 1 aromatic rings. The van der Waals surface area contributed by atoms with Crippen LogP contribution in [-0.2, 0) is 0 Å². The Hall–Kier alpha value is -1.16. The minimum Gasteiger partial charge on any atom is -0.503 e. The molecule has 4 heteroatoms. The summed E-state index contributed by atoms with van der Waals surface area (Å²) in [5.41, 5.74) is 0.572. The minimum absolute atomic E-state index is 0.00310. The van der Waals surface area contributed by atoms with Gasteiger partial charge in [-0.15, -0.1) is 0 Å². The lowest BCUT2D eigenvalue weighted by molar-refractivity contribution is 0.384. The molecule has 1 heterocycles. The molecule has 1 aromatic carbocycles. The van der Waals surface area contributed by atoms with Gasteiger partial charge in [-0.1, -0.05) is 6.42 Å². The van der Waals surface area contributed by atoms with Gasteiger partial charge in [-0.05, 0) is 37.1 Å². The van der Waals surface area contributed by atoms with E-state index in [1.165, 1.54) is 12.1 Å². The lowest BCUT2D eigenvalue weighted by atomic mass is 9.97. The van der Waals surface area contributed by atoms with Gasteiger partial charge >= 0.3 is 0 Å². The van der Waals surface area contributed by atoms with Gasteiger partial charge in [0.05, 0.1) is 0 Å². The first-order chi connectivity index (χ1) is 7.18. The van der Waals surface area contributed by atoms with E-state index in [1.807, 2.05) is 0 Å². The van der Waals surface area contributed by atoms with E-state index >= 15 is 0 Å². The van der Waals surface area contributed by atoms with Crippen molar-refractivity contribution < 1.29 is 13.9 Å². The van der Waals surface area contributed by atoms with Crippen LogP contribution in [0.1, 0.15) is 30.9 Å². The van der Waals surface area contributed by atoms with Crippen LogP contribution in [0.5, 0.6) is 5.75 Å². The number of halogens is 2. The van der Waals surface area contributed by atoms with Gasteiger partial charge in [0.1, 0.15) is 0 Å². The summed E-state index contributed by atoms with van der Waals surface area (Å²) in [5, 5.41) is 12.2. The Labute approximate surface area is 86.9 Å². The molecule has 1 aliphatic rings. The molecule has 0 radical (unpaired) electrons. The standard InChI is InChI=1S/C11H13F2NO/c12-8-5-7(6-9(13)11(8)15)10-3-1-2-4-14-10/h5-6,10,14-15H,1-4H2. The van der Waals surface area contributed by atoms with E-state index < -0.39 is 17.4 Å². The van der Waals surface area contributed by atoms with E-state index in [-0.39, 0.29) is 6.04 Å². The number of rotatable bonds is 1. The molecule has 0 aromatic heterocycles. The number of phenolic OH excluding ortho intramolecular Hbond substituents is 1. The predicted octanol–water partition coefficient (Wildman–Crippen LogP) is 2.49. The Kier molecular flexibility index (Phi) is 2.86. The monoisotopic (exact) mass is 213 g/mol. The Morgan fingerprint density at radius 2 is 1.87 bits per heavy atom. The van der Waals surface area contributed by atoms with E-state index in [9.17, 15) is 8.78 Å². The number of piperidine rings is 1. The predicted molar refractivity (Wildman–Crippen MR) is 52.6 cm³/mol. The molecule has 0 saturated carbocycles. The average molecular weight is 213 g/mol. The van der Waals surface area contributed by atoms with E-state index in [4.69, 9.17) is 5.11 Å². The van der Waals surface area contributed by atoms with Gasteiger partial charge in [0.2, 0.25) is 0 Å². The van der Waals surface area contributed by atoms with E-state index in [1.54, 1.807) is 0 Å². The summed E-state index contributed by atoms with van der Waals surface area (Å²) in [6.07, 6.45) is 3.03. The maximum absolute atomic E-state index is 13.1. The van der Waals surface area contributed by atoms with Crippen LogP contribution in [0.3, 0.4) is 0 Å². The second kappa shape index (κ2) is 4.14. The number of hydrogen-bond donors (Lipinski definition) is 2. The normalized spacial score (nSPS) is 21.6. The third-order valence-corrected chi connectivity index (χ3v) is 2.75. The van der Waals surface area contributed by atoms with Crippen LogP contribution >= 0.6 is 0 Å². The smallest absolute Gasteiger partial charge is 0.187 e. The van der Waals surface area contributed by atoms with E-state index in [2.05, 4.69) is 5.32 Å². The summed E-state index contributed by atoms with van der Waals surface area (Å²) in [6, 6.07) is 2.39. The maximum Gasteiger partial charge on any atom is 0.187 e. The van der Waals surface area contributed by atoms with Crippen molar-refractivity contribution in [2.45, 2.75) is 25.3 Å². The van der Waals surface area contributed by atoms with Gasteiger partial charge in [-0.2, -0.15) is 0 Å². The highest BCUT2D eigenvalue weighted by Crippen LogP contribution is 2.28. The van der Waals surface area contributed by atoms with E-state index in [0.29, 0.717) is 5.56 Å². The quantitative estimate of drug-likeness (QED) is 0.751. The molecule has 0 bridgehead atoms. The molecule has 1 unspecified atom stereocenters. The molecule has 82 valence electrons. The minimum atomic E-state index is -0.894. The zero-order chi connectivity index (χ0) is 10.8. The second-order valence-electron chi connectivity index (χ2n) is 3.84. The molecule has 0 aliphatic carbocycles. The largest absolute Gasteiger partial charge is 0.503 e. The van der Waals surface area contributed by atoms with Crippen LogP contribution in [0.25, 0.3) is 0 Å². The summed E-state index contributed by atoms with van der Waals surface area (Å²) >= 11 is 0. The molecule has 2 rings (SSSR count). The molecule has 15 heavy (non-hydrogen) atoms. The average Bonchev–Trinajstić information content (AvgIpc) is 2.26. The first-order valence-corrected chi connectivity index (χ1v) is 5.10. The lowest BCUT2D eigenvalue weighted by Gasteiger charge is -2.24. The van der Waals surface area contributed by atoms with Gasteiger partial charge in [-0.25, -0.2) is 8.78 Å². The molecule has 2 nitrogen and oxygen atoms in total. The molecular weight excluding hydrogens is 200 g/mol. The fourth-order valence-corrected chi connectivity index (χ4v) is 1.92. The molecule has 1 fully saturated rings. The third kappa shape index (κ3) is 2.09. The van der Waals surface area contributed by atoms with Crippen LogP contribution < -0.4 is 5.32 Å². The lowest BCUT2D eigenvalue weighted by Crippen LogP contribution is -2.26. The molecule has 1 saturated heterocycles. The van der Waals surface area contributed by atoms with Gasteiger partial charge in [0, 0.05) is 6.04 Å². The van der Waals surface area contributed by atoms with Crippen LogP contribution in [-0.4, -0.2) is 11.7 Å². The van der Waals surface area contributed by atoms with Crippen molar-refractivity contribution in [1.82, 2.24) is 5.32 Å². The van der Waals surface area contributed by atoms with Crippen LogP contribution in [0.2, 0.25) is 0 Å². The van der Waals surface area contributed by atoms with Crippen LogP contribution in [0.15, 0.2) is 12.1 Å². The molecule has 1 aliphatic heterocycles. The highest BCUT2D eigenvalue weighted by Gasteiger charge is 2.18. The van der Waals surface area contributed by atoms with Crippen LogP contribution in [0, 0.1) is 11.6 Å². The summed E-state index contributed by atoms with van der Waals surface area (Å²) in [7, 11) is 0. The number of nitrogens with one attached hydrogen (secondary N) is 1. The van der Waals surface area contributed by atoms with Crippen molar-refractivity contribution in [1.29, 1.82) is 0 Å². The van der Waals surface area contributed by atoms with Crippen molar-refractivity contribution in [2.24, 2.45) is 0 Å². The van der Waals surface area contributed by atoms with Crippen LogP contribution in [0.4, 0.5) is 8.78 Å². The molecule has 0 spiro atoms. The van der Waals surface area contributed by atoms with Gasteiger partial charge in [-0.3, -0.25) is 0 Å². The van der Waals surface area contributed by atoms with Crippen molar-refractivity contribution >= 4 is 0 Å². The Morgan fingerprint density at radius 3 is 2.40 bits per heavy atom. The maximum atomic E-state index is 13.1. The third-order valence-electron chi connectivity index (χ3n) is 2.75. The first-order valence-electron chi connectivity index (χ1n) is 5.10. The number of aromatic hydroxyl groups is 1. The SMILES string of the molecule is Oc1c(F)cc(C2CCCCN2)cc1F. The van der Waals surface area contributed by atoms with Crippen molar-refractivity contribution in [3.05, 3.63) is 29.3 Å². The molecule has 2 N–H and O–H groups in total. The molecular formula is C11H13F2NO. The molecule has 0 amide bonds. The number of hydrogen-bond acceptors (Lipinski definition) is 2. The zero-order valence-corrected chi connectivity index (χ0v) is 8.26. The molecule has 1 atom stereocenters. The zero-order valence-electron chi connectivity index (χ0n) is 8.26. The van der Waals surface area contributed by atoms with Gasteiger partial charge in [0.15, 0.2) is 17.4 Å². The van der Waals surface area contributed by atoms with Crippen molar-refractivity contribution in [2.75, 3.05) is 6.54 Å². The summed E-state index contributed by atoms with van der Waals surface area (Å²) in [5.74, 6) is -2.68. The highest BCUT2D eigenvalue weighted by molar-refractivity contribution is 5.31. The van der Waals surface area contributed by atoms with Gasteiger partial charge < -0.3 is 10.4 Å². The van der Waals surface area contributed by atoms with E-state index in [0.717, 1.165) is 25.8 Å². The Morgan fingerprint density at radius 1 is 1.20 bits per heavy atom. The number of benzene rings is 1. The summed E-state index contributed by atoms with van der Waals surface area (Å²) in [6.45, 7) is 0.870. The Bertz CT molecular complexity index is 339. The highest BCUT2D eigenvalue weighted by atomic mass is 19.1. The summed E-state index contributed by atoms with van der Waals surface area (Å²) < 4.78 is 26.2. The number of phenols is 1.